The summed E-state index contributed by atoms with van der Waals surface area (Å²) >= 11 is 6.52. The highest BCUT2D eigenvalue weighted by Gasteiger charge is 2.19. The predicted octanol–water partition coefficient (Wildman–Crippen LogP) is 1.90. The fourth-order valence-electron chi connectivity index (χ4n) is 4.82. The molecule has 5 aromatic rings. The second kappa shape index (κ2) is 9.05. The molecular formula is C25H24ClN7O3. The van der Waals surface area contributed by atoms with E-state index in [1.165, 1.54) is 27.7 Å². The Kier molecular flexibility index (Phi) is 5.71. The highest BCUT2D eigenvalue weighted by molar-refractivity contribution is 6.32. The van der Waals surface area contributed by atoms with Crippen LogP contribution in [0.3, 0.4) is 0 Å². The molecule has 1 atom stereocenters. The summed E-state index contributed by atoms with van der Waals surface area (Å²) in [6.07, 6.45) is 6.88. The van der Waals surface area contributed by atoms with Crippen LogP contribution in [0.4, 0.5) is 0 Å². The van der Waals surface area contributed by atoms with Crippen LogP contribution in [-0.2, 0) is 24.9 Å². The van der Waals surface area contributed by atoms with Crippen molar-refractivity contribution < 1.29 is 4.74 Å². The van der Waals surface area contributed by atoms with Gasteiger partial charge in [-0.15, -0.1) is 0 Å². The van der Waals surface area contributed by atoms with Crippen LogP contribution in [0.2, 0.25) is 5.02 Å². The Bertz CT molecular complexity index is 1710. The summed E-state index contributed by atoms with van der Waals surface area (Å²) in [6.45, 7) is 3.16. The Labute approximate surface area is 210 Å². The molecule has 0 radical (unpaired) electrons. The van der Waals surface area contributed by atoms with Crippen molar-refractivity contribution in [3.63, 3.8) is 0 Å². The molecule has 1 N–H and O–H groups in total. The fraction of sp³-hybridized carbons (Fsp3) is 0.280. The first-order chi connectivity index (χ1) is 17.5. The Hall–Kier alpha value is -3.73. The second-order valence-electron chi connectivity index (χ2n) is 8.98. The van der Waals surface area contributed by atoms with Crippen LogP contribution in [0.25, 0.3) is 27.7 Å². The van der Waals surface area contributed by atoms with Crippen molar-refractivity contribution in [2.75, 3.05) is 19.7 Å². The Balaban J connectivity index is 1.46. The van der Waals surface area contributed by atoms with Gasteiger partial charge in [0.1, 0.15) is 6.33 Å². The third kappa shape index (κ3) is 4.02. The zero-order valence-electron chi connectivity index (χ0n) is 19.6. The lowest BCUT2D eigenvalue weighted by molar-refractivity contribution is 0.0189. The number of morpholine rings is 1. The standard InChI is InChI=1S/C25H24ClN7O3/c1-30-5-3-22(34)32(25(30)35)12-16-8-21-23(28-15-29-33(21)13-16)20-10-18(26)9-17-2-6-31(24(17)20)14-19-11-27-4-7-36-19/h2-3,5-6,8-10,13,15,19,27H,4,7,11-12,14H2,1H3. The third-order valence-corrected chi connectivity index (χ3v) is 6.75. The van der Waals surface area contributed by atoms with Crippen molar-refractivity contribution in [3.8, 4) is 11.3 Å². The average Bonchev–Trinajstić information content (AvgIpc) is 3.48. The lowest BCUT2D eigenvalue weighted by Crippen LogP contribution is -2.40. The Morgan fingerprint density at radius 1 is 1.19 bits per heavy atom. The topological polar surface area (TPSA) is 100 Å². The summed E-state index contributed by atoms with van der Waals surface area (Å²) in [5.41, 5.74) is 3.37. The van der Waals surface area contributed by atoms with E-state index in [1.807, 2.05) is 36.7 Å². The number of fused-ring (bicyclic) bond motifs is 2. The van der Waals surface area contributed by atoms with Gasteiger partial charge in [0.2, 0.25) is 0 Å². The van der Waals surface area contributed by atoms with Crippen molar-refractivity contribution in [2.45, 2.75) is 19.2 Å². The van der Waals surface area contributed by atoms with Gasteiger partial charge in [-0.25, -0.2) is 14.3 Å². The number of aromatic nitrogens is 6. The molecule has 1 unspecified atom stereocenters. The Morgan fingerprint density at radius 3 is 2.92 bits per heavy atom. The normalized spacial score (nSPS) is 16.2. The maximum Gasteiger partial charge on any atom is 0.331 e. The molecule has 1 saturated heterocycles. The molecule has 0 bridgehead atoms. The van der Waals surface area contributed by atoms with E-state index < -0.39 is 0 Å². The molecule has 0 spiro atoms. The maximum atomic E-state index is 12.5. The quantitative estimate of drug-likeness (QED) is 0.391. The van der Waals surface area contributed by atoms with Crippen LogP contribution in [0.15, 0.2) is 64.8 Å². The molecule has 1 aliphatic rings. The molecule has 0 aliphatic carbocycles. The summed E-state index contributed by atoms with van der Waals surface area (Å²) in [7, 11) is 1.62. The van der Waals surface area contributed by atoms with Gasteiger partial charge in [-0.2, -0.15) is 5.10 Å². The number of hydrogen-bond acceptors (Lipinski definition) is 6. The number of benzene rings is 1. The molecule has 0 saturated carbocycles. The minimum Gasteiger partial charge on any atom is -0.374 e. The number of halogens is 1. The summed E-state index contributed by atoms with van der Waals surface area (Å²) in [5, 5.41) is 9.35. The third-order valence-electron chi connectivity index (χ3n) is 6.53. The zero-order valence-corrected chi connectivity index (χ0v) is 20.4. The number of ether oxygens (including phenoxy) is 1. The molecule has 11 heteroatoms. The maximum absolute atomic E-state index is 12.5. The van der Waals surface area contributed by atoms with Gasteiger partial charge in [-0.1, -0.05) is 11.6 Å². The molecule has 1 aliphatic heterocycles. The lowest BCUT2D eigenvalue weighted by atomic mass is 10.1. The molecule has 1 aromatic carbocycles. The van der Waals surface area contributed by atoms with Crippen molar-refractivity contribution >= 4 is 28.0 Å². The van der Waals surface area contributed by atoms with Gasteiger partial charge in [-0.05, 0) is 29.8 Å². The molecule has 6 rings (SSSR count). The van der Waals surface area contributed by atoms with Crippen LogP contribution >= 0.6 is 11.6 Å². The minimum absolute atomic E-state index is 0.0648. The minimum atomic E-state index is -0.377. The molecular weight excluding hydrogens is 482 g/mol. The van der Waals surface area contributed by atoms with Crippen molar-refractivity contribution in [3.05, 3.63) is 86.7 Å². The van der Waals surface area contributed by atoms with Gasteiger partial charge >= 0.3 is 5.69 Å². The summed E-state index contributed by atoms with van der Waals surface area (Å²) in [4.78, 5) is 29.5. The van der Waals surface area contributed by atoms with Gasteiger partial charge in [0.15, 0.2) is 0 Å². The van der Waals surface area contributed by atoms with Crippen molar-refractivity contribution in [1.82, 2.24) is 33.6 Å². The van der Waals surface area contributed by atoms with Crippen LogP contribution < -0.4 is 16.6 Å². The fourth-order valence-corrected chi connectivity index (χ4v) is 5.05. The highest BCUT2D eigenvalue weighted by Crippen LogP contribution is 2.34. The van der Waals surface area contributed by atoms with Gasteiger partial charge < -0.3 is 19.2 Å². The Morgan fingerprint density at radius 2 is 2.08 bits per heavy atom. The van der Waals surface area contributed by atoms with E-state index in [0.717, 1.165) is 40.6 Å². The number of hydrogen-bond donors (Lipinski definition) is 1. The monoisotopic (exact) mass is 505 g/mol. The van der Waals surface area contributed by atoms with E-state index in [-0.39, 0.29) is 23.9 Å². The molecule has 36 heavy (non-hydrogen) atoms. The molecule has 5 heterocycles. The van der Waals surface area contributed by atoms with Crippen LogP contribution in [0.1, 0.15) is 5.56 Å². The highest BCUT2D eigenvalue weighted by atomic mass is 35.5. The van der Waals surface area contributed by atoms with Gasteiger partial charge in [0, 0.05) is 60.8 Å². The number of nitrogens with one attached hydrogen (secondary N) is 1. The summed E-state index contributed by atoms with van der Waals surface area (Å²) in [6, 6.07) is 9.18. The largest absolute Gasteiger partial charge is 0.374 e. The van der Waals surface area contributed by atoms with Crippen molar-refractivity contribution in [1.29, 1.82) is 0 Å². The first-order valence-corrected chi connectivity index (χ1v) is 12.1. The zero-order chi connectivity index (χ0) is 24.8. The predicted molar refractivity (Wildman–Crippen MR) is 137 cm³/mol. The SMILES string of the molecule is Cn1ccc(=O)n(Cc2cc3c(-c4cc(Cl)cc5ccn(CC6CNCCO6)c45)ncnn3c2)c1=O. The number of rotatable bonds is 5. The van der Waals surface area contributed by atoms with E-state index >= 15 is 0 Å². The van der Waals surface area contributed by atoms with E-state index in [0.29, 0.717) is 23.9 Å². The second-order valence-corrected chi connectivity index (χ2v) is 9.41. The van der Waals surface area contributed by atoms with Crippen LogP contribution in [-0.4, -0.2) is 54.1 Å². The lowest BCUT2D eigenvalue weighted by Gasteiger charge is -2.24. The van der Waals surface area contributed by atoms with E-state index in [2.05, 4.69) is 20.0 Å². The summed E-state index contributed by atoms with van der Waals surface area (Å²) in [5.74, 6) is 0. The molecule has 184 valence electrons. The average molecular weight is 506 g/mol. The summed E-state index contributed by atoms with van der Waals surface area (Å²) < 4.78 is 12.4. The molecule has 4 aromatic heterocycles. The smallest absolute Gasteiger partial charge is 0.331 e. The molecule has 10 nitrogen and oxygen atoms in total. The van der Waals surface area contributed by atoms with Crippen LogP contribution in [0, 0.1) is 0 Å². The van der Waals surface area contributed by atoms with Gasteiger partial charge in [0.05, 0.1) is 42.5 Å². The first-order valence-electron chi connectivity index (χ1n) is 11.7. The van der Waals surface area contributed by atoms with E-state index in [4.69, 9.17) is 16.3 Å². The molecule has 1 fully saturated rings. The van der Waals surface area contributed by atoms with Gasteiger partial charge in [-0.3, -0.25) is 9.36 Å². The number of nitrogens with zero attached hydrogens (tertiary/aromatic N) is 6. The first kappa shape index (κ1) is 22.7. The van der Waals surface area contributed by atoms with Gasteiger partial charge in [0.25, 0.3) is 5.56 Å². The molecule has 0 amide bonds. The van der Waals surface area contributed by atoms with Crippen molar-refractivity contribution in [2.24, 2.45) is 7.05 Å². The van der Waals surface area contributed by atoms with E-state index in [1.54, 1.807) is 11.6 Å². The van der Waals surface area contributed by atoms with Crippen LogP contribution in [0.5, 0.6) is 0 Å². The van der Waals surface area contributed by atoms with E-state index in [9.17, 15) is 9.59 Å². The number of aryl methyl sites for hydroxylation is 1.